The fraction of sp³-hybridized carbons (Fsp3) is 0.500. The summed E-state index contributed by atoms with van der Waals surface area (Å²) in [7, 11) is 1.50. The molecule has 0 aromatic heterocycles. The van der Waals surface area contributed by atoms with Gasteiger partial charge >= 0.3 is 5.97 Å². The number of halogens is 1. The zero-order valence-electron chi connectivity index (χ0n) is 11.7. The average molecular weight is 301 g/mol. The molecule has 0 radical (unpaired) electrons. The molecule has 110 valence electrons. The predicted molar refractivity (Wildman–Crippen MR) is 74.1 cm³/mol. The van der Waals surface area contributed by atoms with E-state index >= 15 is 0 Å². The molecule has 1 aliphatic heterocycles. The molecule has 1 heterocycles. The van der Waals surface area contributed by atoms with Crippen LogP contribution in [-0.2, 0) is 11.2 Å². The summed E-state index contributed by atoms with van der Waals surface area (Å²) in [5.41, 5.74) is -0.363. The zero-order chi connectivity index (χ0) is 14.9. The third-order valence-electron chi connectivity index (χ3n) is 3.25. The highest BCUT2D eigenvalue weighted by atomic mass is 35.5. The van der Waals surface area contributed by atoms with Crippen LogP contribution in [0, 0.1) is 5.41 Å². The molecule has 0 atom stereocenters. The van der Waals surface area contributed by atoms with Crippen LogP contribution >= 0.6 is 11.6 Å². The number of carbonyl (C=O) groups is 1. The van der Waals surface area contributed by atoms with E-state index in [1.165, 1.54) is 7.11 Å². The first-order valence-corrected chi connectivity index (χ1v) is 6.63. The number of hydrogen-bond donors (Lipinski definition) is 1. The van der Waals surface area contributed by atoms with Crippen molar-refractivity contribution in [1.29, 1.82) is 0 Å². The van der Waals surface area contributed by atoms with Crippen molar-refractivity contribution in [3.05, 3.63) is 16.7 Å². The predicted octanol–water partition coefficient (Wildman–Crippen LogP) is 2.77. The normalized spacial score (nSPS) is 14.0. The Balaban J connectivity index is 2.52. The second-order valence-electron chi connectivity index (χ2n) is 5.26. The number of fused-ring (bicyclic) bond motifs is 1. The summed E-state index contributed by atoms with van der Waals surface area (Å²) in [4.78, 5) is 11.3. The smallest absolute Gasteiger partial charge is 0.309 e. The maximum atomic E-state index is 11.3. The summed E-state index contributed by atoms with van der Waals surface area (Å²) in [5.74, 6) is 0.596. The Hall–Kier alpha value is -1.62. The van der Waals surface area contributed by atoms with Gasteiger partial charge < -0.3 is 19.3 Å². The number of benzene rings is 1. The molecular weight excluding hydrogens is 284 g/mol. The van der Waals surface area contributed by atoms with Crippen LogP contribution in [-0.4, -0.2) is 31.4 Å². The van der Waals surface area contributed by atoms with Gasteiger partial charge in [0.15, 0.2) is 11.5 Å². The van der Waals surface area contributed by atoms with Crippen molar-refractivity contribution >= 4 is 17.6 Å². The number of methoxy groups -OCH3 is 1. The van der Waals surface area contributed by atoms with Crippen LogP contribution in [0.1, 0.15) is 19.4 Å². The number of carboxylic acid groups (broad SMARTS) is 1. The van der Waals surface area contributed by atoms with Crippen LogP contribution in [0.2, 0.25) is 5.02 Å². The summed E-state index contributed by atoms with van der Waals surface area (Å²) in [6.07, 6.45) is 0.226. The van der Waals surface area contributed by atoms with Gasteiger partial charge in [0.05, 0.1) is 17.5 Å². The Bertz CT molecular complexity index is 539. The molecule has 1 aliphatic rings. The molecule has 1 aromatic rings. The highest BCUT2D eigenvalue weighted by molar-refractivity contribution is 6.33. The summed E-state index contributed by atoms with van der Waals surface area (Å²) < 4.78 is 16.3. The minimum absolute atomic E-state index is 0.226. The van der Waals surface area contributed by atoms with Crippen LogP contribution in [0.3, 0.4) is 0 Å². The third-order valence-corrected chi connectivity index (χ3v) is 3.66. The summed E-state index contributed by atoms with van der Waals surface area (Å²) >= 11 is 6.30. The highest BCUT2D eigenvalue weighted by Crippen LogP contribution is 2.46. The topological polar surface area (TPSA) is 65.0 Å². The lowest BCUT2D eigenvalue weighted by Gasteiger charge is -2.26. The standard InChI is InChI=1S/C14H17ClO5/c1-14(2,13(16)17)7-8-11(15)9(18-3)6-10-12(8)20-5-4-19-10/h6H,4-5,7H2,1-3H3,(H,16,17). The lowest BCUT2D eigenvalue weighted by molar-refractivity contribution is -0.146. The summed E-state index contributed by atoms with van der Waals surface area (Å²) in [5, 5.41) is 9.64. The SMILES string of the molecule is COc1cc2c(c(CC(C)(C)C(=O)O)c1Cl)OCCO2. The second kappa shape index (κ2) is 5.40. The van der Waals surface area contributed by atoms with E-state index in [9.17, 15) is 9.90 Å². The van der Waals surface area contributed by atoms with Gasteiger partial charge in [-0.1, -0.05) is 11.6 Å². The molecule has 0 aliphatic carbocycles. The molecule has 0 unspecified atom stereocenters. The summed E-state index contributed by atoms with van der Waals surface area (Å²) in [6, 6.07) is 1.66. The Morgan fingerprint density at radius 1 is 1.45 bits per heavy atom. The van der Waals surface area contributed by atoms with Crippen molar-refractivity contribution < 1.29 is 24.1 Å². The van der Waals surface area contributed by atoms with Gasteiger partial charge in [0.2, 0.25) is 0 Å². The van der Waals surface area contributed by atoms with Crippen molar-refractivity contribution in [3.63, 3.8) is 0 Å². The molecule has 0 saturated carbocycles. The van der Waals surface area contributed by atoms with Crippen molar-refractivity contribution in [2.75, 3.05) is 20.3 Å². The molecule has 1 aromatic carbocycles. The van der Waals surface area contributed by atoms with Gasteiger partial charge in [-0.3, -0.25) is 4.79 Å². The molecule has 6 heteroatoms. The van der Waals surface area contributed by atoms with Gasteiger partial charge in [-0.05, 0) is 20.3 Å². The Kier molecular flexibility index (Phi) is 3.99. The average Bonchev–Trinajstić information content (AvgIpc) is 2.41. The molecule has 0 amide bonds. The molecule has 1 N–H and O–H groups in total. The number of rotatable bonds is 4. The second-order valence-corrected chi connectivity index (χ2v) is 5.64. The first-order chi connectivity index (χ1) is 9.36. The molecule has 5 nitrogen and oxygen atoms in total. The van der Waals surface area contributed by atoms with Gasteiger partial charge in [0, 0.05) is 11.6 Å². The van der Waals surface area contributed by atoms with Crippen LogP contribution in [0.15, 0.2) is 6.07 Å². The number of carboxylic acids is 1. The van der Waals surface area contributed by atoms with E-state index in [0.29, 0.717) is 41.0 Å². The van der Waals surface area contributed by atoms with Crippen LogP contribution < -0.4 is 14.2 Å². The van der Waals surface area contributed by atoms with Crippen molar-refractivity contribution in [3.8, 4) is 17.2 Å². The van der Waals surface area contributed by atoms with E-state index in [-0.39, 0.29) is 6.42 Å². The van der Waals surface area contributed by atoms with Gasteiger partial charge in [-0.2, -0.15) is 0 Å². The highest BCUT2D eigenvalue weighted by Gasteiger charge is 2.32. The monoisotopic (exact) mass is 300 g/mol. The zero-order valence-corrected chi connectivity index (χ0v) is 12.4. The molecule has 2 rings (SSSR count). The van der Waals surface area contributed by atoms with Gasteiger partial charge in [-0.15, -0.1) is 0 Å². The van der Waals surface area contributed by atoms with E-state index in [4.69, 9.17) is 25.8 Å². The molecule has 0 spiro atoms. The first kappa shape index (κ1) is 14.8. The van der Waals surface area contributed by atoms with Crippen LogP contribution in [0.25, 0.3) is 0 Å². The van der Waals surface area contributed by atoms with Crippen molar-refractivity contribution in [2.45, 2.75) is 20.3 Å². The molecule has 0 saturated heterocycles. The Morgan fingerprint density at radius 3 is 2.70 bits per heavy atom. The summed E-state index contributed by atoms with van der Waals surface area (Å²) in [6.45, 7) is 4.14. The van der Waals surface area contributed by atoms with E-state index < -0.39 is 11.4 Å². The quantitative estimate of drug-likeness (QED) is 0.926. The Morgan fingerprint density at radius 2 is 2.10 bits per heavy atom. The van der Waals surface area contributed by atoms with Gasteiger partial charge in [0.1, 0.15) is 19.0 Å². The van der Waals surface area contributed by atoms with E-state index in [1.54, 1.807) is 19.9 Å². The number of ether oxygens (including phenoxy) is 3. The minimum Gasteiger partial charge on any atom is -0.495 e. The molecule has 0 bridgehead atoms. The van der Waals surface area contributed by atoms with E-state index in [2.05, 4.69) is 0 Å². The molecule has 0 fully saturated rings. The number of hydrogen-bond acceptors (Lipinski definition) is 4. The van der Waals surface area contributed by atoms with Crippen LogP contribution in [0.4, 0.5) is 0 Å². The number of aliphatic carboxylic acids is 1. The van der Waals surface area contributed by atoms with Gasteiger partial charge in [-0.25, -0.2) is 0 Å². The fourth-order valence-electron chi connectivity index (χ4n) is 2.03. The Labute approximate surface area is 122 Å². The third kappa shape index (κ3) is 2.63. The lowest BCUT2D eigenvalue weighted by Crippen LogP contribution is -2.27. The maximum Gasteiger partial charge on any atom is 0.309 e. The lowest BCUT2D eigenvalue weighted by atomic mass is 9.85. The van der Waals surface area contributed by atoms with Crippen LogP contribution in [0.5, 0.6) is 17.2 Å². The fourth-order valence-corrected chi connectivity index (χ4v) is 2.31. The molecular formula is C14H17ClO5. The van der Waals surface area contributed by atoms with E-state index in [1.807, 2.05) is 0 Å². The van der Waals surface area contributed by atoms with E-state index in [0.717, 1.165) is 0 Å². The minimum atomic E-state index is -0.968. The first-order valence-electron chi connectivity index (χ1n) is 6.25. The van der Waals surface area contributed by atoms with Gasteiger partial charge in [0.25, 0.3) is 0 Å². The van der Waals surface area contributed by atoms with Crippen molar-refractivity contribution in [1.82, 2.24) is 0 Å². The molecule has 20 heavy (non-hydrogen) atoms. The van der Waals surface area contributed by atoms with Crippen molar-refractivity contribution in [2.24, 2.45) is 5.41 Å². The largest absolute Gasteiger partial charge is 0.495 e. The maximum absolute atomic E-state index is 11.3.